The van der Waals surface area contributed by atoms with Crippen molar-refractivity contribution in [2.75, 3.05) is 12.8 Å². The number of methoxy groups -OCH3 is 1. The molecule has 0 fully saturated rings. The molecule has 4 nitrogen and oxygen atoms in total. The Kier molecular flexibility index (Phi) is 3.60. The molecule has 19 heavy (non-hydrogen) atoms. The first-order valence-corrected chi connectivity index (χ1v) is 6.20. The third kappa shape index (κ3) is 2.34. The molecule has 1 aromatic carbocycles. The zero-order valence-corrected chi connectivity index (χ0v) is 11.4. The van der Waals surface area contributed by atoms with Gasteiger partial charge in [0.2, 0.25) is 0 Å². The van der Waals surface area contributed by atoms with Crippen LogP contribution in [0.2, 0.25) is 0 Å². The molecule has 2 N–H and O–H groups in total. The number of para-hydroxylation sites is 1. The molecule has 0 spiro atoms. The molecule has 0 aliphatic heterocycles. The number of ether oxygens (including phenoxy) is 1. The van der Waals surface area contributed by atoms with Gasteiger partial charge in [0, 0.05) is 23.4 Å². The van der Waals surface area contributed by atoms with Crippen LogP contribution in [0.4, 0.5) is 5.69 Å². The molecule has 4 heteroatoms. The molecule has 0 saturated heterocycles. The predicted molar refractivity (Wildman–Crippen MR) is 77.5 cm³/mol. The van der Waals surface area contributed by atoms with Crippen LogP contribution in [0.5, 0.6) is 5.75 Å². The summed E-state index contributed by atoms with van der Waals surface area (Å²) in [6.45, 7) is 3.90. The highest BCUT2D eigenvalue weighted by atomic mass is 16.5. The van der Waals surface area contributed by atoms with Gasteiger partial charge >= 0.3 is 0 Å². The quantitative estimate of drug-likeness (QED) is 0.920. The zero-order valence-electron chi connectivity index (χ0n) is 11.4. The molecule has 2 rings (SSSR count). The van der Waals surface area contributed by atoms with E-state index in [1.165, 1.54) is 0 Å². The lowest BCUT2D eigenvalue weighted by Gasteiger charge is -2.14. The molecule has 0 aliphatic rings. The molecular weight excluding hydrogens is 240 g/mol. The molecule has 1 aromatic heterocycles. The average molecular weight is 258 g/mol. The summed E-state index contributed by atoms with van der Waals surface area (Å²) >= 11 is 0. The first kappa shape index (κ1) is 13.2. The van der Waals surface area contributed by atoms with Crippen LogP contribution >= 0.6 is 0 Å². The summed E-state index contributed by atoms with van der Waals surface area (Å²) in [5.41, 5.74) is 7.61. The van der Waals surface area contributed by atoms with E-state index < -0.39 is 0 Å². The largest absolute Gasteiger partial charge is 0.496 e. The molecule has 0 radical (unpaired) electrons. The van der Waals surface area contributed by atoms with E-state index in [2.05, 4.69) is 0 Å². The van der Waals surface area contributed by atoms with E-state index in [0.29, 0.717) is 11.3 Å². The van der Waals surface area contributed by atoms with Crippen LogP contribution in [0.15, 0.2) is 41.3 Å². The van der Waals surface area contributed by atoms with Crippen LogP contribution in [0.3, 0.4) is 0 Å². The fraction of sp³-hybridized carbons (Fsp3) is 0.267. The van der Waals surface area contributed by atoms with Crippen molar-refractivity contribution in [2.45, 2.75) is 19.9 Å². The van der Waals surface area contributed by atoms with Gasteiger partial charge in [-0.15, -0.1) is 0 Å². The molecular formula is C15H18N2O2. The van der Waals surface area contributed by atoms with Crippen LogP contribution in [-0.2, 0) is 0 Å². The minimum Gasteiger partial charge on any atom is -0.496 e. The Hall–Kier alpha value is -2.23. The van der Waals surface area contributed by atoms with Gasteiger partial charge in [0.25, 0.3) is 5.56 Å². The highest BCUT2D eigenvalue weighted by molar-refractivity contribution is 5.79. The Labute approximate surface area is 112 Å². The van der Waals surface area contributed by atoms with Crippen LogP contribution in [0.1, 0.15) is 19.9 Å². The van der Waals surface area contributed by atoms with Gasteiger partial charge in [-0.1, -0.05) is 18.2 Å². The summed E-state index contributed by atoms with van der Waals surface area (Å²) in [6.07, 6.45) is 1.77. The number of nitrogens with two attached hydrogens (primary N) is 1. The predicted octanol–water partition coefficient (Wildman–Crippen LogP) is 2.69. The monoisotopic (exact) mass is 258 g/mol. The van der Waals surface area contributed by atoms with Gasteiger partial charge in [-0.25, -0.2) is 0 Å². The van der Waals surface area contributed by atoms with Crippen molar-refractivity contribution < 1.29 is 4.74 Å². The third-order valence-corrected chi connectivity index (χ3v) is 3.11. The third-order valence-electron chi connectivity index (χ3n) is 3.11. The first-order chi connectivity index (χ1) is 9.06. The Bertz CT molecular complexity index is 645. The smallest absolute Gasteiger partial charge is 0.274 e. The van der Waals surface area contributed by atoms with Gasteiger partial charge in [-0.05, 0) is 26.0 Å². The zero-order chi connectivity index (χ0) is 14.0. The molecule has 0 amide bonds. The molecule has 2 aromatic rings. The molecule has 100 valence electrons. The second-order valence-corrected chi connectivity index (χ2v) is 4.65. The minimum absolute atomic E-state index is 0.0847. The highest BCUT2D eigenvalue weighted by Crippen LogP contribution is 2.31. The van der Waals surface area contributed by atoms with E-state index in [-0.39, 0.29) is 17.3 Å². The topological polar surface area (TPSA) is 57.2 Å². The standard InChI is InChI=1S/C15H18N2O2/c1-10(2)17-9-8-12(14(16)15(17)18)11-6-4-5-7-13(11)19-3/h4-10H,16H2,1-3H3. The normalized spacial score (nSPS) is 10.7. The van der Waals surface area contributed by atoms with Gasteiger partial charge in [0.05, 0.1) is 7.11 Å². The number of pyridine rings is 1. The summed E-state index contributed by atoms with van der Waals surface area (Å²) in [6, 6.07) is 9.46. The van der Waals surface area contributed by atoms with Crippen LogP contribution in [0, 0.1) is 0 Å². The van der Waals surface area contributed by atoms with E-state index >= 15 is 0 Å². The van der Waals surface area contributed by atoms with Crippen molar-refractivity contribution in [2.24, 2.45) is 0 Å². The number of rotatable bonds is 3. The summed E-state index contributed by atoms with van der Waals surface area (Å²) in [5, 5.41) is 0. The number of hydrogen-bond donors (Lipinski definition) is 1. The molecule has 1 heterocycles. The molecule has 0 atom stereocenters. The van der Waals surface area contributed by atoms with Crippen LogP contribution < -0.4 is 16.0 Å². The van der Waals surface area contributed by atoms with Gasteiger partial charge in [0.1, 0.15) is 11.4 Å². The number of hydrogen-bond acceptors (Lipinski definition) is 3. The van der Waals surface area contributed by atoms with E-state index in [1.54, 1.807) is 17.9 Å². The van der Waals surface area contributed by atoms with Crippen molar-refractivity contribution >= 4 is 5.69 Å². The number of anilines is 1. The van der Waals surface area contributed by atoms with Crippen LogP contribution in [-0.4, -0.2) is 11.7 Å². The Morgan fingerprint density at radius 1 is 1.16 bits per heavy atom. The van der Waals surface area contributed by atoms with Gasteiger partial charge in [-0.3, -0.25) is 4.79 Å². The van der Waals surface area contributed by atoms with Crippen molar-refractivity contribution in [1.82, 2.24) is 4.57 Å². The fourth-order valence-corrected chi connectivity index (χ4v) is 2.08. The maximum absolute atomic E-state index is 12.2. The molecule has 0 bridgehead atoms. The van der Waals surface area contributed by atoms with Crippen molar-refractivity contribution in [3.8, 4) is 16.9 Å². The summed E-state index contributed by atoms with van der Waals surface area (Å²) in [5.74, 6) is 0.705. The summed E-state index contributed by atoms with van der Waals surface area (Å²) in [7, 11) is 1.60. The number of benzene rings is 1. The lowest BCUT2D eigenvalue weighted by atomic mass is 10.0. The van der Waals surface area contributed by atoms with E-state index in [4.69, 9.17) is 10.5 Å². The number of nitrogen functional groups attached to an aromatic ring is 1. The van der Waals surface area contributed by atoms with Gasteiger partial charge in [-0.2, -0.15) is 0 Å². The van der Waals surface area contributed by atoms with Crippen molar-refractivity contribution in [1.29, 1.82) is 0 Å². The summed E-state index contributed by atoms with van der Waals surface area (Å²) < 4.78 is 6.93. The number of aromatic nitrogens is 1. The molecule has 0 saturated carbocycles. The fourth-order valence-electron chi connectivity index (χ4n) is 2.08. The Morgan fingerprint density at radius 2 is 1.84 bits per heavy atom. The summed E-state index contributed by atoms with van der Waals surface area (Å²) in [4.78, 5) is 12.2. The second kappa shape index (κ2) is 5.18. The number of nitrogens with zero attached hydrogens (tertiary/aromatic N) is 1. The van der Waals surface area contributed by atoms with E-state index in [1.807, 2.05) is 44.2 Å². The van der Waals surface area contributed by atoms with E-state index in [0.717, 1.165) is 5.56 Å². The highest BCUT2D eigenvalue weighted by Gasteiger charge is 2.13. The molecule has 0 aliphatic carbocycles. The van der Waals surface area contributed by atoms with Gasteiger partial charge in [0.15, 0.2) is 0 Å². The van der Waals surface area contributed by atoms with Crippen molar-refractivity contribution in [3.05, 3.63) is 46.9 Å². The second-order valence-electron chi connectivity index (χ2n) is 4.65. The van der Waals surface area contributed by atoms with E-state index in [9.17, 15) is 4.79 Å². The maximum atomic E-state index is 12.2. The van der Waals surface area contributed by atoms with Gasteiger partial charge < -0.3 is 15.0 Å². The Morgan fingerprint density at radius 3 is 2.47 bits per heavy atom. The lowest BCUT2D eigenvalue weighted by Crippen LogP contribution is -2.24. The van der Waals surface area contributed by atoms with Crippen molar-refractivity contribution in [3.63, 3.8) is 0 Å². The molecule has 0 unspecified atom stereocenters. The average Bonchev–Trinajstić information content (AvgIpc) is 2.41. The lowest BCUT2D eigenvalue weighted by molar-refractivity contribution is 0.416. The van der Waals surface area contributed by atoms with Crippen LogP contribution in [0.25, 0.3) is 11.1 Å². The first-order valence-electron chi connectivity index (χ1n) is 6.20. The SMILES string of the molecule is COc1ccccc1-c1ccn(C(C)C)c(=O)c1N. The Balaban J connectivity index is 2.65. The minimum atomic E-state index is -0.168. The maximum Gasteiger partial charge on any atom is 0.274 e.